The maximum absolute atomic E-state index is 12.5. The van der Waals surface area contributed by atoms with Gasteiger partial charge in [0.1, 0.15) is 10.7 Å². The van der Waals surface area contributed by atoms with Crippen LogP contribution in [0.3, 0.4) is 0 Å². The highest BCUT2D eigenvalue weighted by Crippen LogP contribution is 2.24. The number of nitrogen functional groups attached to an aromatic ring is 1. The van der Waals surface area contributed by atoms with Crippen LogP contribution in [0, 0.1) is 0 Å². The largest absolute Gasteiger partial charge is 0.383 e. The molecule has 6 nitrogen and oxygen atoms in total. The summed E-state index contributed by atoms with van der Waals surface area (Å²) in [5, 5.41) is 0. The highest BCUT2D eigenvalue weighted by Gasteiger charge is 2.24. The maximum Gasteiger partial charge on any atom is 0.246 e. The van der Waals surface area contributed by atoms with E-state index in [4.69, 9.17) is 5.73 Å². The molecule has 0 bridgehead atoms. The van der Waals surface area contributed by atoms with Crippen molar-refractivity contribution in [2.45, 2.75) is 11.4 Å². The highest BCUT2D eigenvalue weighted by molar-refractivity contribution is 9.10. The topological polar surface area (TPSA) is 89.2 Å². The fourth-order valence-corrected chi connectivity index (χ4v) is 3.37. The van der Waals surface area contributed by atoms with Gasteiger partial charge in [0.2, 0.25) is 10.0 Å². The number of sulfonamides is 1. The molecule has 2 heterocycles. The molecule has 20 heavy (non-hydrogen) atoms. The number of halogens is 1. The van der Waals surface area contributed by atoms with E-state index in [0.29, 0.717) is 4.47 Å². The van der Waals surface area contributed by atoms with E-state index in [1.165, 1.54) is 23.6 Å². The van der Waals surface area contributed by atoms with Gasteiger partial charge in [-0.3, -0.25) is 4.98 Å². The third-order valence-electron chi connectivity index (χ3n) is 2.69. The first-order chi connectivity index (χ1) is 9.41. The zero-order valence-electron chi connectivity index (χ0n) is 10.7. The first kappa shape index (κ1) is 14.9. The molecule has 2 aromatic heterocycles. The quantitative estimate of drug-likeness (QED) is 0.899. The Morgan fingerprint density at radius 3 is 2.65 bits per heavy atom. The van der Waals surface area contributed by atoms with Gasteiger partial charge >= 0.3 is 0 Å². The minimum atomic E-state index is -3.69. The number of hydrogen-bond acceptors (Lipinski definition) is 5. The van der Waals surface area contributed by atoms with Crippen molar-refractivity contribution in [3.8, 4) is 0 Å². The number of rotatable bonds is 4. The summed E-state index contributed by atoms with van der Waals surface area (Å²) in [6, 6.07) is 4.96. The normalized spacial score (nSPS) is 11.8. The lowest BCUT2D eigenvalue weighted by atomic mass is 10.3. The zero-order chi connectivity index (χ0) is 14.8. The first-order valence-electron chi connectivity index (χ1n) is 5.67. The van der Waals surface area contributed by atoms with E-state index in [-0.39, 0.29) is 17.3 Å². The Hall–Kier alpha value is -1.51. The van der Waals surface area contributed by atoms with Crippen LogP contribution in [0.2, 0.25) is 0 Å². The van der Waals surface area contributed by atoms with Gasteiger partial charge in [-0.05, 0) is 39.7 Å². The van der Waals surface area contributed by atoms with Crippen molar-refractivity contribution in [3.05, 3.63) is 46.8 Å². The molecule has 0 saturated heterocycles. The average Bonchev–Trinajstić information content (AvgIpc) is 2.42. The summed E-state index contributed by atoms with van der Waals surface area (Å²) < 4.78 is 26.7. The molecule has 0 aliphatic carbocycles. The molecule has 106 valence electrons. The molecule has 0 unspecified atom stereocenters. The van der Waals surface area contributed by atoms with Crippen molar-refractivity contribution in [1.82, 2.24) is 14.3 Å². The molecule has 2 N–H and O–H groups in total. The Balaban J connectivity index is 2.32. The van der Waals surface area contributed by atoms with Crippen molar-refractivity contribution < 1.29 is 8.42 Å². The van der Waals surface area contributed by atoms with E-state index in [2.05, 4.69) is 25.9 Å². The van der Waals surface area contributed by atoms with Crippen LogP contribution < -0.4 is 5.73 Å². The summed E-state index contributed by atoms with van der Waals surface area (Å²) in [7, 11) is -2.20. The second kappa shape index (κ2) is 5.86. The number of nitrogens with two attached hydrogens (primary N) is 1. The number of aromatic nitrogens is 2. The summed E-state index contributed by atoms with van der Waals surface area (Å²) in [5.41, 5.74) is 6.50. The number of anilines is 1. The van der Waals surface area contributed by atoms with Gasteiger partial charge in [0.25, 0.3) is 0 Å². The molecule has 0 spiro atoms. The van der Waals surface area contributed by atoms with Crippen LogP contribution in [-0.4, -0.2) is 29.7 Å². The Morgan fingerprint density at radius 2 is 2.00 bits per heavy atom. The van der Waals surface area contributed by atoms with Gasteiger partial charge in [-0.15, -0.1) is 0 Å². The third-order valence-corrected chi connectivity index (χ3v) is 4.96. The van der Waals surface area contributed by atoms with E-state index in [9.17, 15) is 8.42 Å². The van der Waals surface area contributed by atoms with E-state index < -0.39 is 10.0 Å². The second-order valence-corrected chi connectivity index (χ2v) is 7.08. The lowest BCUT2D eigenvalue weighted by Gasteiger charge is -2.18. The Labute approximate surface area is 125 Å². The van der Waals surface area contributed by atoms with Gasteiger partial charge in [-0.2, -0.15) is 4.31 Å². The minimum Gasteiger partial charge on any atom is -0.383 e. The van der Waals surface area contributed by atoms with E-state index in [0.717, 1.165) is 5.56 Å². The van der Waals surface area contributed by atoms with Crippen LogP contribution in [0.5, 0.6) is 0 Å². The summed E-state index contributed by atoms with van der Waals surface area (Å²) in [4.78, 5) is 7.73. The Kier molecular flexibility index (Phi) is 4.36. The standard InChI is InChI=1S/C12H13BrN4O2S/c1-17(8-9-2-4-15-5-3-9)20(18,19)11-6-10(13)7-16-12(11)14/h2-7H,8H2,1H3,(H2,14,16). The fourth-order valence-electron chi connectivity index (χ4n) is 1.64. The maximum atomic E-state index is 12.5. The molecule has 0 aliphatic rings. The molecule has 0 aromatic carbocycles. The third kappa shape index (κ3) is 3.14. The molecule has 0 aliphatic heterocycles. The van der Waals surface area contributed by atoms with Gasteiger partial charge in [0, 0.05) is 36.7 Å². The molecular weight excluding hydrogens is 344 g/mol. The van der Waals surface area contributed by atoms with Crippen molar-refractivity contribution >= 4 is 31.8 Å². The summed E-state index contributed by atoms with van der Waals surface area (Å²) in [6.07, 6.45) is 4.69. The van der Waals surface area contributed by atoms with Crippen molar-refractivity contribution in [3.63, 3.8) is 0 Å². The van der Waals surface area contributed by atoms with Crippen LogP contribution in [0.1, 0.15) is 5.56 Å². The van der Waals surface area contributed by atoms with Crippen LogP contribution in [0.25, 0.3) is 0 Å². The van der Waals surface area contributed by atoms with Crippen LogP contribution in [0.4, 0.5) is 5.82 Å². The predicted octanol–water partition coefficient (Wildman–Crippen LogP) is 1.64. The second-order valence-electron chi connectivity index (χ2n) is 4.15. The monoisotopic (exact) mass is 356 g/mol. The molecule has 0 fully saturated rings. The molecule has 0 radical (unpaired) electrons. The SMILES string of the molecule is CN(Cc1ccncc1)S(=O)(=O)c1cc(Br)cnc1N. The van der Waals surface area contributed by atoms with E-state index >= 15 is 0 Å². The van der Waals surface area contributed by atoms with E-state index in [1.807, 2.05) is 0 Å². The average molecular weight is 357 g/mol. The molecule has 2 aromatic rings. The molecule has 0 amide bonds. The number of pyridine rings is 2. The van der Waals surface area contributed by atoms with Gasteiger partial charge in [-0.1, -0.05) is 0 Å². The molecule has 0 saturated carbocycles. The molecular formula is C12H13BrN4O2S. The minimum absolute atomic E-state index is 0.0107. The number of nitrogens with zero attached hydrogens (tertiary/aromatic N) is 3. The van der Waals surface area contributed by atoms with Gasteiger partial charge in [0.05, 0.1) is 0 Å². The Bertz CT molecular complexity index is 707. The molecule has 2 rings (SSSR count). The number of hydrogen-bond donors (Lipinski definition) is 1. The van der Waals surface area contributed by atoms with Crippen LogP contribution >= 0.6 is 15.9 Å². The molecule has 8 heteroatoms. The van der Waals surface area contributed by atoms with Crippen molar-refractivity contribution in [2.75, 3.05) is 12.8 Å². The van der Waals surface area contributed by atoms with Gasteiger partial charge in [-0.25, -0.2) is 13.4 Å². The van der Waals surface area contributed by atoms with Gasteiger partial charge < -0.3 is 5.73 Å². The predicted molar refractivity (Wildman–Crippen MR) is 79.2 cm³/mol. The van der Waals surface area contributed by atoms with Crippen LogP contribution in [0.15, 0.2) is 46.2 Å². The Morgan fingerprint density at radius 1 is 1.35 bits per heavy atom. The smallest absolute Gasteiger partial charge is 0.246 e. The lowest BCUT2D eigenvalue weighted by Crippen LogP contribution is -2.27. The first-order valence-corrected chi connectivity index (χ1v) is 7.91. The van der Waals surface area contributed by atoms with Gasteiger partial charge in [0.15, 0.2) is 0 Å². The summed E-state index contributed by atoms with van der Waals surface area (Å²) in [6.45, 7) is 0.233. The summed E-state index contributed by atoms with van der Waals surface area (Å²) in [5.74, 6) is -0.0187. The van der Waals surface area contributed by atoms with E-state index in [1.54, 1.807) is 24.5 Å². The summed E-state index contributed by atoms with van der Waals surface area (Å²) >= 11 is 3.20. The highest BCUT2D eigenvalue weighted by atomic mass is 79.9. The van der Waals surface area contributed by atoms with Crippen LogP contribution in [-0.2, 0) is 16.6 Å². The van der Waals surface area contributed by atoms with Crippen molar-refractivity contribution in [1.29, 1.82) is 0 Å². The van der Waals surface area contributed by atoms with Crippen molar-refractivity contribution in [2.24, 2.45) is 0 Å². The molecule has 0 atom stereocenters. The fraction of sp³-hybridized carbons (Fsp3) is 0.167. The zero-order valence-corrected chi connectivity index (χ0v) is 13.1. The lowest BCUT2D eigenvalue weighted by molar-refractivity contribution is 0.466.